The molecule has 0 aromatic heterocycles. The maximum atomic E-state index is 11.8. The van der Waals surface area contributed by atoms with Gasteiger partial charge in [-0.3, -0.25) is 0 Å². The highest BCUT2D eigenvalue weighted by molar-refractivity contribution is 5.90. The van der Waals surface area contributed by atoms with Crippen LogP contribution in [-0.4, -0.2) is 13.1 Å². The van der Waals surface area contributed by atoms with Gasteiger partial charge in [0.2, 0.25) is 0 Å². The molecule has 0 bridgehead atoms. The van der Waals surface area contributed by atoms with Crippen LogP contribution in [0.2, 0.25) is 0 Å². The summed E-state index contributed by atoms with van der Waals surface area (Å²) in [4.78, 5) is 11.8. The van der Waals surface area contributed by atoms with Crippen molar-refractivity contribution in [2.75, 3.05) is 7.11 Å². The highest BCUT2D eigenvalue weighted by Crippen LogP contribution is 2.27. The number of hydrogen-bond acceptors (Lipinski definition) is 2. The molecule has 23 heavy (non-hydrogen) atoms. The van der Waals surface area contributed by atoms with Gasteiger partial charge in [-0.05, 0) is 40.8 Å². The van der Waals surface area contributed by atoms with Gasteiger partial charge < -0.3 is 4.74 Å². The van der Waals surface area contributed by atoms with E-state index < -0.39 is 0 Å². The van der Waals surface area contributed by atoms with Crippen LogP contribution in [0.1, 0.15) is 21.5 Å². The zero-order chi connectivity index (χ0) is 16.1. The van der Waals surface area contributed by atoms with Crippen LogP contribution in [0.15, 0.2) is 78.9 Å². The monoisotopic (exact) mass is 302 g/mol. The van der Waals surface area contributed by atoms with E-state index in [1.165, 1.54) is 12.7 Å². The molecule has 0 N–H and O–H groups in total. The minimum absolute atomic E-state index is 0.307. The van der Waals surface area contributed by atoms with E-state index >= 15 is 0 Å². The smallest absolute Gasteiger partial charge is 0.337 e. The minimum atomic E-state index is -0.307. The van der Waals surface area contributed by atoms with Crippen molar-refractivity contribution in [3.63, 3.8) is 0 Å². The quantitative estimate of drug-likeness (QED) is 0.651. The lowest BCUT2D eigenvalue weighted by Crippen LogP contribution is -2.03. The van der Waals surface area contributed by atoms with E-state index in [-0.39, 0.29) is 5.97 Å². The Morgan fingerprint density at radius 1 is 0.870 bits per heavy atom. The summed E-state index contributed by atoms with van der Waals surface area (Å²) in [5.41, 5.74) is 5.20. The van der Waals surface area contributed by atoms with Crippen molar-refractivity contribution < 1.29 is 9.53 Å². The number of benzene rings is 3. The summed E-state index contributed by atoms with van der Waals surface area (Å²) in [6.07, 6.45) is 0.774. The fourth-order valence-corrected chi connectivity index (χ4v) is 2.70. The Hall–Kier alpha value is -2.87. The van der Waals surface area contributed by atoms with Gasteiger partial charge >= 0.3 is 5.97 Å². The number of carbonyl (C=O) groups is 1. The van der Waals surface area contributed by atoms with Gasteiger partial charge in [0, 0.05) is 0 Å². The molecule has 0 heterocycles. The number of ether oxygens (including phenoxy) is 1. The minimum Gasteiger partial charge on any atom is -0.465 e. The van der Waals surface area contributed by atoms with E-state index in [4.69, 9.17) is 4.74 Å². The van der Waals surface area contributed by atoms with Gasteiger partial charge in [0.05, 0.1) is 12.7 Å². The molecule has 0 unspecified atom stereocenters. The van der Waals surface area contributed by atoms with Crippen molar-refractivity contribution in [3.8, 4) is 11.1 Å². The SMILES string of the molecule is COC(=O)c1ccc(-c2ccccc2)c(Cc2ccccc2)c1. The lowest BCUT2D eigenvalue weighted by Gasteiger charge is -2.12. The third-order valence-corrected chi connectivity index (χ3v) is 3.85. The van der Waals surface area contributed by atoms with Gasteiger partial charge in [-0.15, -0.1) is 0 Å². The van der Waals surface area contributed by atoms with Crippen LogP contribution in [0.25, 0.3) is 11.1 Å². The normalized spacial score (nSPS) is 10.3. The van der Waals surface area contributed by atoms with Crippen LogP contribution in [0.5, 0.6) is 0 Å². The summed E-state index contributed by atoms with van der Waals surface area (Å²) in [7, 11) is 1.41. The topological polar surface area (TPSA) is 26.3 Å². The van der Waals surface area contributed by atoms with Crippen LogP contribution in [0.3, 0.4) is 0 Å². The maximum absolute atomic E-state index is 11.8. The number of carbonyl (C=O) groups excluding carboxylic acids is 1. The molecule has 114 valence electrons. The number of methoxy groups -OCH3 is 1. The third kappa shape index (κ3) is 3.49. The lowest BCUT2D eigenvalue weighted by molar-refractivity contribution is 0.0600. The third-order valence-electron chi connectivity index (χ3n) is 3.85. The Morgan fingerprint density at radius 3 is 2.17 bits per heavy atom. The van der Waals surface area contributed by atoms with E-state index in [1.807, 2.05) is 54.6 Å². The van der Waals surface area contributed by atoms with E-state index in [0.717, 1.165) is 23.1 Å². The molecule has 2 heteroatoms. The predicted molar refractivity (Wildman–Crippen MR) is 92.5 cm³/mol. The van der Waals surface area contributed by atoms with Crippen molar-refractivity contribution in [3.05, 3.63) is 95.6 Å². The molecule has 2 nitrogen and oxygen atoms in total. The fourth-order valence-electron chi connectivity index (χ4n) is 2.70. The van der Waals surface area contributed by atoms with Crippen molar-refractivity contribution in [1.29, 1.82) is 0 Å². The first kappa shape index (κ1) is 15.0. The van der Waals surface area contributed by atoms with E-state index in [0.29, 0.717) is 5.56 Å². The fraction of sp³-hybridized carbons (Fsp3) is 0.0952. The van der Waals surface area contributed by atoms with Crippen LogP contribution in [0.4, 0.5) is 0 Å². The van der Waals surface area contributed by atoms with Gasteiger partial charge in [-0.1, -0.05) is 66.7 Å². The van der Waals surface area contributed by atoms with E-state index in [2.05, 4.69) is 24.3 Å². The summed E-state index contributed by atoms with van der Waals surface area (Å²) in [5, 5.41) is 0. The van der Waals surface area contributed by atoms with Crippen molar-refractivity contribution in [1.82, 2.24) is 0 Å². The molecule has 3 rings (SSSR count). The average molecular weight is 302 g/mol. The molecule has 0 aliphatic carbocycles. The standard InChI is InChI=1S/C21H18O2/c1-23-21(22)18-12-13-20(17-10-6-3-7-11-17)19(15-18)14-16-8-4-2-5-9-16/h2-13,15H,14H2,1H3. The molecule has 0 saturated heterocycles. The number of rotatable bonds is 4. The highest BCUT2D eigenvalue weighted by atomic mass is 16.5. The Kier molecular flexibility index (Phi) is 4.53. The lowest BCUT2D eigenvalue weighted by atomic mass is 9.93. The predicted octanol–water partition coefficient (Wildman–Crippen LogP) is 4.73. The zero-order valence-corrected chi connectivity index (χ0v) is 13.0. The maximum Gasteiger partial charge on any atom is 0.337 e. The Bertz CT molecular complexity index is 793. The van der Waals surface area contributed by atoms with Crippen LogP contribution < -0.4 is 0 Å². The Balaban J connectivity index is 2.06. The zero-order valence-electron chi connectivity index (χ0n) is 13.0. The van der Waals surface area contributed by atoms with E-state index in [9.17, 15) is 4.79 Å². The highest BCUT2D eigenvalue weighted by Gasteiger charge is 2.11. The van der Waals surface area contributed by atoms with Gasteiger partial charge in [0.15, 0.2) is 0 Å². The molecule has 0 atom stereocenters. The molecule has 0 saturated carbocycles. The van der Waals surface area contributed by atoms with Gasteiger partial charge in [-0.25, -0.2) is 4.79 Å². The Labute approximate surface area is 136 Å². The van der Waals surface area contributed by atoms with Crippen LogP contribution >= 0.6 is 0 Å². The molecule has 3 aromatic rings. The molecule has 0 fully saturated rings. The molecule has 0 aliphatic heterocycles. The molecular formula is C21H18O2. The first-order valence-electron chi connectivity index (χ1n) is 7.58. The molecule has 0 spiro atoms. The second kappa shape index (κ2) is 6.93. The summed E-state index contributed by atoms with van der Waals surface area (Å²) >= 11 is 0. The summed E-state index contributed by atoms with van der Waals surface area (Å²) in [6, 6.07) is 26.2. The largest absolute Gasteiger partial charge is 0.465 e. The van der Waals surface area contributed by atoms with Gasteiger partial charge in [-0.2, -0.15) is 0 Å². The molecule has 0 radical (unpaired) electrons. The van der Waals surface area contributed by atoms with Crippen molar-refractivity contribution in [2.45, 2.75) is 6.42 Å². The van der Waals surface area contributed by atoms with Crippen LogP contribution in [0, 0.1) is 0 Å². The number of hydrogen-bond donors (Lipinski definition) is 0. The van der Waals surface area contributed by atoms with Crippen molar-refractivity contribution >= 4 is 5.97 Å². The van der Waals surface area contributed by atoms with Crippen molar-refractivity contribution in [2.24, 2.45) is 0 Å². The van der Waals surface area contributed by atoms with Gasteiger partial charge in [0.1, 0.15) is 0 Å². The van der Waals surface area contributed by atoms with E-state index in [1.54, 1.807) is 0 Å². The number of esters is 1. The summed E-state index contributed by atoms with van der Waals surface area (Å²) in [5.74, 6) is -0.307. The molecular weight excluding hydrogens is 284 g/mol. The molecule has 0 aliphatic rings. The molecule has 3 aromatic carbocycles. The average Bonchev–Trinajstić information content (AvgIpc) is 2.62. The Morgan fingerprint density at radius 2 is 1.52 bits per heavy atom. The first-order valence-corrected chi connectivity index (χ1v) is 7.58. The van der Waals surface area contributed by atoms with Gasteiger partial charge in [0.25, 0.3) is 0 Å². The second-order valence-corrected chi connectivity index (χ2v) is 5.39. The van der Waals surface area contributed by atoms with Crippen LogP contribution in [-0.2, 0) is 11.2 Å². The first-order chi connectivity index (χ1) is 11.3. The summed E-state index contributed by atoms with van der Waals surface area (Å²) < 4.78 is 4.85. The summed E-state index contributed by atoms with van der Waals surface area (Å²) in [6.45, 7) is 0. The second-order valence-electron chi connectivity index (χ2n) is 5.39. The molecule has 0 amide bonds.